The summed E-state index contributed by atoms with van der Waals surface area (Å²) in [5.74, 6) is 0.380. The lowest BCUT2D eigenvalue weighted by Crippen LogP contribution is -2.27. The number of rotatable bonds is 2. The topological polar surface area (TPSA) is 60.2 Å². The minimum Gasteiger partial charge on any atom is -0.483 e. The summed E-state index contributed by atoms with van der Waals surface area (Å²) in [4.78, 5) is 22.5. The Morgan fingerprint density at radius 1 is 1.42 bits per heavy atom. The van der Waals surface area contributed by atoms with E-state index in [9.17, 15) is 4.79 Å². The van der Waals surface area contributed by atoms with Crippen LogP contribution in [0.1, 0.15) is 6.42 Å². The Morgan fingerprint density at radius 2 is 2.26 bits per heavy atom. The number of likely N-dealkylation sites (tertiary alicyclic amines) is 1. The molecule has 1 aliphatic rings. The smallest absolute Gasteiger partial charge is 0.294 e. The van der Waals surface area contributed by atoms with Crippen molar-refractivity contribution >= 4 is 11.0 Å². The standard InChI is InChI=1S/C13H16N4O2/c1-16-4-3-10(7-16)19-11-5-9-6-14-8-15-12(9)17(2)13(11)18/h5-6,8,10H,3-4,7H2,1-2H3/t10-/m0/s1. The number of hydrogen-bond donors (Lipinski definition) is 0. The first kappa shape index (κ1) is 12.1. The van der Waals surface area contributed by atoms with Gasteiger partial charge in [-0.05, 0) is 19.5 Å². The van der Waals surface area contributed by atoms with Crippen molar-refractivity contribution in [3.05, 3.63) is 28.9 Å². The minimum atomic E-state index is -0.152. The zero-order chi connectivity index (χ0) is 13.4. The van der Waals surface area contributed by atoms with Crippen LogP contribution in [0.15, 0.2) is 23.4 Å². The maximum Gasteiger partial charge on any atom is 0.294 e. The molecule has 6 nitrogen and oxygen atoms in total. The van der Waals surface area contributed by atoms with Crippen molar-refractivity contribution in [2.24, 2.45) is 7.05 Å². The highest BCUT2D eigenvalue weighted by Crippen LogP contribution is 2.17. The number of nitrogens with zero attached hydrogens (tertiary/aromatic N) is 4. The molecule has 0 saturated carbocycles. The SMILES string of the molecule is CN1CC[C@H](Oc2cc3cncnc3n(C)c2=O)C1. The molecule has 0 bridgehead atoms. The molecule has 6 heteroatoms. The molecule has 0 unspecified atom stereocenters. The molecule has 0 N–H and O–H groups in total. The van der Waals surface area contributed by atoms with Gasteiger partial charge in [-0.1, -0.05) is 0 Å². The monoisotopic (exact) mass is 260 g/mol. The van der Waals surface area contributed by atoms with E-state index in [1.54, 1.807) is 19.3 Å². The summed E-state index contributed by atoms with van der Waals surface area (Å²) >= 11 is 0. The maximum absolute atomic E-state index is 12.2. The van der Waals surface area contributed by atoms with Crippen molar-refractivity contribution in [1.82, 2.24) is 19.4 Å². The van der Waals surface area contributed by atoms with Crippen molar-refractivity contribution in [3.8, 4) is 5.75 Å². The van der Waals surface area contributed by atoms with E-state index < -0.39 is 0 Å². The second-order valence-electron chi connectivity index (χ2n) is 4.97. The molecule has 2 aromatic rings. The summed E-state index contributed by atoms with van der Waals surface area (Å²) in [6, 6.07) is 1.73. The summed E-state index contributed by atoms with van der Waals surface area (Å²) in [6.07, 6.45) is 4.16. The lowest BCUT2D eigenvalue weighted by atomic mass is 10.3. The van der Waals surface area contributed by atoms with E-state index in [0.29, 0.717) is 11.4 Å². The molecule has 100 valence electrons. The Balaban J connectivity index is 1.99. The Kier molecular flexibility index (Phi) is 2.94. The fraction of sp³-hybridized carbons (Fsp3) is 0.462. The van der Waals surface area contributed by atoms with Gasteiger partial charge in [0.2, 0.25) is 0 Å². The summed E-state index contributed by atoms with van der Waals surface area (Å²) in [6.45, 7) is 1.86. The molecule has 1 atom stereocenters. The number of ether oxygens (including phenoxy) is 1. The summed E-state index contributed by atoms with van der Waals surface area (Å²) in [5.41, 5.74) is 0.469. The Morgan fingerprint density at radius 3 is 3.00 bits per heavy atom. The van der Waals surface area contributed by atoms with E-state index in [1.807, 2.05) is 0 Å². The van der Waals surface area contributed by atoms with Crippen molar-refractivity contribution in [1.29, 1.82) is 0 Å². The average molecular weight is 260 g/mol. The largest absolute Gasteiger partial charge is 0.483 e. The van der Waals surface area contributed by atoms with Gasteiger partial charge < -0.3 is 9.64 Å². The van der Waals surface area contributed by atoms with Gasteiger partial charge in [-0.25, -0.2) is 9.97 Å². The van der Waals surface area contributed by atoms with Gasteiger partial charge in [-0.3, -0.25) is 9.36 Å². The van der Waals surface area contributed by atoms with Gasteiger partial charge in [0.1, 0.15) is 18.1 Å². The van der Waals surface area contributed by atoms with Crippen LogP contribution < -0.4 is 10.3 Å². The van der Waals surface area contributed by atoms with Gasteiger partial charge >= 0.3 is 0 Å². The number of fused-ring (bicyclic) bond motifs is 1. The van der Waals surface area contributed by atoms with Crippen molar-refractivity contribution in [3.63, 3.8) is 0 Å². The predicted molar refractivity (Wildman–Crippen MR) is 71.3 cm³/mol. The first-order valence-corrected chi connectivity index (χ1v) is 6.30. The quantitative estimate of drug-likeness (QED) is 0.782. The first-order chi connectivity index (χ1) is 9.15. The molecule has 3 rings (SSSR count). The van der Waals surface area contributed by atoms with E-state index in [1.165, 1.54) is 10.9 Å². The highest BCUT2D eigenvalue weighted by atomic mass is 16.5. The van der Waals surface area contributed by atoms with E-state index in [-0.39, 0.29) is 11.7 Å². The zero-order valence-electron chi connectivity index (χ0n) is 11.0. The Bertz CT molecular complexity index is 667. The fourth-order valence-electron chi connectivity index (χ4n) is 2.44. The van der Waals surface area contributed by atoms with Crippen LogP contribution in [0.25, 0.3) is 11.0 Å². The molecule has 1 saturated heterocycles. The van der Waals surface area contributed by atoms with Gasteiger partial charge in [0, 0.05) is 31.7 Å². The molecular formula is C13H16N4O2. The molecule has 19 heavy (non-hydrogen) atoms. The number of likely N-dealkylation sites (N-methyl/N-ethyl adjacent to an activating group) is 1. The van der Waals surface area contributed by atoms with Gasteiger partial charge in [0.25, 0.3) is 5.56 Å². The molecule has 0 spiro atoms. The third-order valence-electron chi connectivity index (χ3n) is 3.48. The Hall–Kier alpha value is -1.95. The summed E-state index contributed by atoms with van der Waals surface area (Å²) in [7, 11) is 3.75. The van der Waals surface area contributed by atoms with Crippen LogP contribution in [0.4, 0.5) is 0 Å². The summed E-state index contributed by atoms with van der Waals surface area (Å²) < 4.78 is 7.34. The molecule has 2 aromatic heterocycles. The van der Waals surface area contributed by atoms with Gasteiger partial charge in [0.15, 0.2) is 5.75 Å². The van der Waals surface area contributed by atoms with Crippen LogP contribution in [0.2, 0.25) is 0 Å². The number of pyridine rings is 1. The molecule has 1 aliphatic heterocycles. The lowest BCUT2D eigenvalue weighted by molar-refractivity contribution is 0.205. The van der Waals surface area contributed by atoms with E-state index >= 15 is 0 Å². The normalized spacial score (nSPS) is 20.0. The Labute approximate surface area is 110 Å². The van der Waals surface area contributed by atoms with Crippen molar-refractivity contribution in [2.75, 3.05) is 20.1 Å². The molecular weight excluding hydrogens is 244 g/mol. The predicted octanol–water partition coefficient (Wildman–Crippen LogP) is 0.411. The number of aryl methyl sites for hydroxylation is 1. The number of aromatic nitrogens is 3. The van der Waals surface area contributed by atoms with Crippen LogP contribution in [-0.4, -0.2) is 45.7 Å². The van der Waals surface area contributed by atoms with Crippen LogP contribution in [0, 0.1) is 0 Å². The molecule has 3 heterocycles. The second kappa shape index (κ2) is 4.62. The van der Waals surface area contributed by atoms with Crippen molar-refractivity contribution in [2.45, 2.75) is 12.5 Å². The van der Waals surface area contributed by atoms with Crippen molar-refractivity contribution < 1.29 is 4.74 Å². The zero-order valence-corrected chi connectivity index (χ0v) is 11.0. The molecule has 1 fully saturated rings. The second-order valence-corrected chi connectivity index (χ2v) is 4.97. The molecule has 0 aromatic carbocycles. The van der Waals surface area contributed by atoms with E-state index in [4.69, 9.17) is 4.74 Å². The highest BCUT2D eigenvalue weighted by molar-refractivity contribution is 5.75. The van der Waals surface area contributed by atoms with Crippen LogP contribution in [0.3, 0.4) is 0 Å². The van der Waals surface area contributed by atoms with Gasteiger partial charge in [0.05, 0.1) is 0 Å². The van der Waals surface area contributed by atoms with E-state index in [2.05, 4.69) is 21.9 Å². The molecule has 0 amide bonds. The summed E-state index contributed by atoms with van der Waals surface area (Å²) in [5, 5.41) is 0.811. The third kappa shape index (κ3) is 2.19. The molecule has 0 aliphatic carbocycles. The average Bonchev–Trinajstić information content (AvgIpc) is 2.81. The van der Waals surface area contributed by atoms with E-state index in [0.717, 1.165) is 24.9 Å². The van der Waals surface area contributed by atoms with Crippen LogP contribution >= 0.6 is 0 Å². The van der Waals surface area contributed by atoms with Crippen LogP contribution in [-0.2, 0) is 7.05 Å². The third-order valence-corrected chi connectivity index (χ3v) is 3.48. The van der Waals surface area contributed by atoms with Crippen LogP contribution in [0.5, 0.6) is 5.75 Å². The minimum absolute atomic E-state index is 0.0831. The fourth-order valence-corrected chi connectivity index (χ4v) is 2.44. The van der Waals surface area contributed by atoms with Gasteiger partial charge in [-0.15, -0.1) is 0 Å². The first-order valence-electron chi connectivity index (χ1n) is 6.30. The molecule has 0 radical (unpaired) electrons. The lowest BCUT2D eigenvalue weighted by Gasteiger charge is -2.14. The highest BCUT2D eigenvalue weighted by Gasteiger charge is 2.22. The maximum atomic E-state index is 12.2. The number of hydrogen-bond acceptors (Lipinski definition) is 5. The van der Waals surface area contributed by atoms with Gasteiger partial charge in [-0.2, -0.15) is 0 Å².